The van der Waals surface area contributed by atoms with Gasteiger partial charge < -0.3 is 24.7 Å². The van der Waals surface area contributed by atoms with Crippen LogP contribution in [0.2, 0.25) is 0 Å². The van der Waals surface area contributed by atoms with Crippen LogP contribution in [0, 0.1) is 11.3 Å². The van der Waals surface area contributed by atoms with Crippen molar-refractivity contribution < 1.29 is 23.7 Å². The highest BCUT2D eigenvalue weighted by Crippen LogP contribution is 2.42. The predicted octanol–water partition coefficient (Wildman–Crippen LogP) is 3.20. The largest absolute Gasteiger partial charge is 0.493 e. The van der Waals surface area contributed by atoms with Crippen molar-refractivity contribution in [3.63, 3.8) is 0 Å². The van der Waals surface area contributed by atoms with Crippen LogP contribution in [0.4, 0.5) is 0 Å². The lowest BCUT2D eigenvalue weighted by atomic mass is 9.83. The fourth-order valence-corrected chi connectivity index (χ4v) is 4.14. The number of nitrogens with zero attached hydrogens (tertiary/aromatic N) is 2. The number of nitriles is 1. The minimum absolute atomic E-state index is 0.0242. The Labute approximate surface area is 189 Å². The van der Waals surface area contributed by atoms with Crippen molar-refractivity contribution in [2.24, 2.45) is 5.73 Å². The van der Waals surface area contributed by atoms with Crippen LogP contribution >= 0.6 is 0 Å². The highest BCUT2D eigenvalue weighted by molar-refractivity contribution is 5.92. The van der Waals surface area contributed by atoms with Crippen LogP contribution in [0.5, 0.6) is 11.5 Å². The van der Waals surface area contributed by atoms with E-state index in [0.29, 0.717) is 29.4 Å². The lowest BCUT2D eigenvalue weighted by molar-refractivity contribution is -0.139. The van der Waals surface area contributed by atoms with Crippen molar-refractivity contribution >= 4 is 5.97 Å². The minimum Gasteiger partial charge on any atom is -0.493 e. The van der Waals surface area contributed by atoms with Crippen molar-refractivity contribution in [1.82, 2.24) is 4.90 Å². The van der Waals surface area contributed by atoms with E-state index in [2.05, 4.69) is 11.0 Å². The fraction of sp³-hybridized carbons (Fsp3) is 0.500. The maximum absolute atomic E-state index is 12.7. The van der Waals surface area contributed by atoms with Gasteiger partial charge in [-0.15, -0.1) is 0 Å². The van der Waals surface area contributed by atoms with Gasteiger partial charge >= 0.3 is 5.97 Å². The van der Waals surface area contributed by atoms with Crippen molar-refractivity contribution in [1.29, 1.82) is 5.26 Å². The molecule has 3 rings (SSSR count). The lowest BCUT2D eigenvalue weighted by Crippen LogP contribution is -2.33. The molecule has 0 amide bonds. The number of allylic oxidation sites excluding steroid dienone is 2. The van der Waals surface area contributed by atoms with Gasteiger partial charge in [-0.05, 0) is 57.5 Å². The molecule has 8 nitrogen and oxygen atoms in total. The Morgan fingerprint density at radius 1 is 1.28 bits per heavy atom. The molecule has 0 spiro atoms. The molecule has 32 heavy (non-hydrogen) atoms. The van der Waals surface area contributed by atoms with E-state index in [4.69, 9.17) is 24.7 Å². The molecule has 2 heterocycles. The molecule has 8 heteroatoms. The first-order valence-corrected chi connectivity index (χ1v) is 11.0. The number of hydrogen-bond acceptors (Lipinski definition) is 8. The Bertz CT molecular complexity index is 941. The number of carbonyl (C=O) groups is 1. The normalized spacial score (nSPS) is 19.2. The molecule has 172 valence electrons. The van der Waals surface area contributed by atoms with E-state index in [1.807, 2.05) is 6.07 Å². The highest BCUT2D eigenvalue weighted by atomic mass is 16.5. The molecule has 1 atom stereocenters. The van der Waals surface area contributed by atoms with Gasteiger partial charge in [-0.2, -0.15) is 5.26 Å². The topological polar surface area (TPSA) is 107 Å². The van der Waals surface area contributed by atoms with E-state index < -0.39 is 11.9 Å². The van der Waals surface area contributed by atoms with Crippen LogP contribution in [0.1, 0.15) is 44.6 Å². The summed E-state index contributed by atoms with van der Waals surface area (Å²) in [6.07, 6.45) is 3.76. The first-order chi connectivity index (χ1) is 15.5. The summed E-state index contributed by atoms with van der Waals surface area (Å²) in [6, 6.07) is 7.46. The number of nitrogens with two attached hydrogens (primary N) is 1. The maximum atomic E-state index is 12.7. The number of methoxy groups -OCH3 is 1. The first-order valence-electron chi connectivity index (χ1n) is 11.0. The Kier molecular flexibility index (Phi) is 8.01. The fourth-order valence-electron chi connectivity index (χ4n) is 4.14. The van der Waals surface area contributed by atoms with Gasteiger partial charge in [-0.1, -0.05) is 12.5 Å². The number of likely N-dealkylation sites (tertiary alicyclic amines) is 1. The zero-order chi connectivity index (χ0) is 23.1. The summed E-state index contributed by atoms with van der Waals surface area (Å²) < 4.78 is 22.2. The number of ether oxygens (including phenoxy) is 4. The van der Waals surface area contributed by atoms with E-state index >= 15 is 0 Å². The molecule has 1 unspecified atom stereocenters. The van der Waals surface area contributed by atoms with Gasteiger partial charge in [-0.25, -0.2) is 4.79 Å². The molecule has 0 aliphatic carbocycles. The van der Waals surface area contributed by atoms with Gasteiger partial charge in [0.25, 0.3) is 0 Å². The molecule has 2 aliphatic rings. The number of esters is 1. The average molecular weight is 442 g/mol. The van der Waals surface area contributed by atoms with Gasteiger partial charge in [0.15, 0.2) is 11.5 Å². The lowest BCUT2D eigenvalue weighted by Gasteiger charge is -2.27. The molecule has 0 saturated carbocycles. The van der Waals surface area contributed by atoms with Crippen LogP contribution in [0.3, 0.4) is 0 Å². The van der Waals surface area contributed by atoms with Crippen molar-refractivity contribution in [3.05, 3.63) is 46.6 Å². The number of hydrogen-bond donors (Lipinski definition) is 1. The number of piperidine rings is 1. The highest BCUT2D eigenvalue weighted by Gasteiger charge is 2.36. The third kappa shape index (κ3) is 5.17. The van der Waals surface area contributed by atoms with Crippen LogP contribution in [0.15, 0.2) is 41.0 Å². The van der Waals surface area contributed by atoms with Crippen molar-refractivity contribution in [2.75, 3.05) is 40.0 Å². The summed E-state index contributed by atoms with van der Waals surface area (Å²) in [5.74, 6) is 0.147. The summed E-state index contributed by atoms with van der Waals surface area (Å²) in [5.41, 5.74) is 7.03. The quantitative estimate of drug-likeness (QED) is 0.613. The summed E-state index contributed by atoms with van der Waals surface area (Å²) in [7, 11) is 1.56. The zero-order valence-electron chi connectivity index (χ0n) is 19.0. The number of benzene rings is 1. The van der Waals surface area contributed by atoms with E-state index in [1.165, 1.54) is 19.3 Å². The molecule has 0 bridgehead atoms. The summed E-state index contributed by atoms with van der Waals surface area (Å²) in [6.45, 7) is 7.19. The third-order valence-electron chi connectivity index (χ3n) is 5.74. The molecular weight excluding hydrogens is 410 g/mol. The Balaban J connectivity index is 1.86. The van der Waals surface area contributed by atoms with Gasteiger partial charge in [0, 0.05) is 6.54 Å². The molecule has 2 aliphatic heterocycles. The number of rotatable bonds is 8. The average Bonchev–Trinajstić information content (AvgIpc) is 2.79. The summed E-state index contributed by atoms with van der Waals surface area (Å²) >= 11 is 0. The van der Waals surface area contributed by atoms with E-state index in [9.17, 15) is 10.1 Å². The molecule has 1 saturated heterocycles. The SMILES string of the molecule is CCOC(=O)C1=C(C)OC(N)=C(C#N)C1c1ccc(OCCN2CCCCC2)c(OC)c1. The smallest absolute Gasteiger partial charge is 0.338 e. The second-order valence-electron chi connectivity index (χ2n) is 7.78. The van der Waals surface area contributed by atoms with Gasteiger partial charge in [0.2, 0.25) is 5.88 Å². The second-order valence-corrected chi connectivity index (χ2v) is 7.78. The third-order valence-corrected chi connectivity index (χ3v) is 5.74. The van der Waals surface area contributed by atoms with Crippen LogP contribution < -0.4 is 15.2 Å². The summed E-state index contributed by atoms with van der Waals surface area (Å²) in [4.78, 5) is 15.1. The molecule has 1 aromatic carbocycles. The van der Waals surface area contributed by atoms with E-state index in [-0.39, 0.29) is 23.6 Å². The summed E-state index contributed by atoms with van der Waals surface area (Å²) in [5, 5.41) is 9.73. The molecule has 1 aromatic rings. The van der Waals surface area contributed by atoms with Gasteiger partial charge in [0.1, 0.15) is 24.0 Å². The van der Waals surface area contributed by atoms with Crippen molar-refractivity contribution in [3.8, 4) is 17.6 Å². The molecule has 0 aromatic heterocycles. The second kappa shape index (κ2) is 10.9. The Hall–Kier alpha value is -3.18. The molecule has 2 N–H and O–H groups in total. The maximum Gasteiger partial charge on any atom is 0.338 e. The monoisotopic (exact) mass is 441 g/mol. The molecular formula is C24H31N3O5. The zero-order valence-corrected chi connectivity index (χ0v) is 19.0. The van der Waals surface area contributed by atoms with Crippen molar-refractivity contribution in [2.45, 2.75) is 39.0 Å². The molecule has 1 fully saturated rings. The Morgan fingerprint density at radius 2 is 2.03 bits per heavy atom. The van der Waals surface area contributed by atoms with Gasteiger partial charge in [0.05, 0.1) is 25.2 Å². The van der Waals surface area contributed by atoms with Crippen LogP contribution in [-0.2, 0) is 14.3 Å². The minimum atomic E-state index is -0.718. The predicted molar refractivity (Wildman–Crippen MR) is 119 cm³/mol. The van der Waals surface area contributed by atoms with E-state index in [0.717, 1.165) is 19.6 Å². The number of carbonyl (C=O) groups excluding carboxylic acids is 1. The Morgan fingerprint density at radius 3 is 2.69 bits per heavy atom. The van der Waals surface area contributed by atoms with Crippen LogP contribution in [0.25, 0.3) is 0 Å². The molecule has 0 radical (unpaired) electrons. The first kappa shape index (κ1) is 23.5. The van der Waals surface area contributed by atoms with E-state index in [1.54, 1.807) is 33.1 Å². The van der Waals surface area contributed by atoms with Crippen LogP contribution in [-0.4, -0.2) is 50.8 Å². The standard InChI is InChI=1S/C24H31N3O5/c1-4-30-24(28)21-16(2)32-23(26)18(15-25)22(21)17-8-9-19(20(14-17)29-3)31-13-12-27-10-6-5-7-11-27/h8-9,14,22H,4-7,10-13,26H2,1-3H3. The van der Waals surface area contributed by atoms with Gasteiger partial charge in [-0.3, -0.25) is 4.90 Å².